The van der Waals surface area contributed by atoms with Gasteiger partial charge in [0.15, 0.2) is 5.13 Å². The number of nitrogens with one attached hydrogen (secondary N) is 1. The molecule has 1 fully saturated rings. The number of fused-ring (bicyclic) bond motifs is 1. The quantitative estimate of drug-likeness (QED) is 0.753. The molecule has 166 valence electrons. The first kappa shape index (κ1) is 21.9. The van der Waals surface area contributed by atoms with E-state index in [1.54, 1.807) is 23.1 Å². The summed E-state index contributed by atoms with van der Waals surface area (Å²) in [6, 6.07) is 5.00. The van der Waals surface area contributed by atoms with Crippen molar-refractivity contribution >= 4 is 44.0 Å². The summed E-state index contributed by atoms with van der Waals surface area (Å²) in [5.74, 6) is -0.391. The molecule has 1 aromatic heterocycles. The largest absolute Gasteiger partial charge is 0.309 e. The van der Waals surface area contributed by atoms with Crippen LogP contribution in [-0.4, -0.2) is 48.7 Å². The highest BCUT2D eigenvalue weighted by Crippen LogP contribution is 2.35. The topological polar surface area (TPSA) is 99.7 Å². The fraction of sp³-hybridized carbons (Fsp3) is 0.476. The first-order chi connectivity index (χ1) is 14.7. The zero-order valence-corrected chi connectivity index (χ0v) is 19.4. The molecule has 1 saturated heterocycles. The van der Waals surface area contributed by atoms with Gasteiger partial charge in [0.25, 0.3) is 0 Å². The minimum absolute atomic E-state index is 0.0151. The van der Waals surface area contributed by atoms with Crippen LogP contribution in [0.5, 0.6) is 0 Å². The molecule has 0 saturated carbocycles. The molecule has 8 nitrogen and oxygen atoms in total. The van der Waals surface area contributed by atoms with Crippen molar-refractivity contribution in [2.45, 2.75) is 51.0 Å². The third-order valence-electron chi connectivity index (χ3n) is 5.92. The molecular formula is C21H26N4O4S2. The van der Waals surface area contributed by atoms with E-state index in [-0.39, 0.29) is 28.7 Å². The van der Waals surface area contributed by atoms with Crippen LogP contribution in [0.1, 0.15) is 37.9 Å². The third kappa shape index (κ3) is 4.24. The van der Waals surface area contributed by atoms with Gasteiger partial charge >= 0.3 is 0 Å². The molecule has 2 aromatic rings. The molecule has 31 heavy (non-hydrogen) atoms. The van der Waals surface area contributed by atoms with E-state index in [0.717, 1.165) is 16.9 Å². The van der Waals surface area contributed by atoms with Crippen molar-refractivity contribution in [3.8, 4) is 0 Å². The normalized spacial score (nSPS) is 20.0. The van der Waals surface area contributed by atoms with Crippen molar-refractivity contribution in [2.75, 3.05) is 23.3 Å². The molecule has 0 spiro atoms. The molecular weight excluding hydrogens is 436 g/mol. The Balaban J connectivity index is 1.43. The number of carbonyl (C=O) groups is 2. The molecule has 4 rings (SSSR count). The summed E-state index contributed by atoms with van der Waals surface area (Å²) in [5, 5.41) is 5.28. The van der Waals surface area contributed by atoms with E-state index in [1.165, 1.54) is 22.6 Å². The first-order valence-corrected chi connectivity index (χ1v) is 12.6. The van der Waals surface area contributed by atoms with Crippen molar-refractivity contribution in [1.82, 2.24) is 9.29 Å². The summed E-state index contributed by atoms with van der Waals surface area (Å²) in [6.07, 6.45) is 1.57. The molecule has 1 atom stereocenters. The monoisotopic (exact) mass is 462 g/mol. The number of aromatic nitrogens is 1. The zero-order chi connectivity index (χ0) is 22.3. The summed E-state index contributed by atoms with van der Waals surface area (Å²) < 4.78 is 27.8. The highest BCUT2D eigenvalue weighted by Gasteiger charge is 2.34. The molecule has 2 aliphatic heterocycles. The van der Waals surface area contributed by atoms with Crippen LogP contribution >= 0.6 is 11.3 Å². The molecule has 1 N–H and O–H groups in total. The van der Waals surface area contributed by atoms with E-state index >= 15 is 0 Å². The standard InChI is InChI=1S/C21H26N4O4S2/c1-13-12-30-21(22-13)23-20(27)16-6-8-24(9-7-16)31(28,29)18-4-5-19-17(11-18)10-14(2)25(19)15(3)26/h4-5,11-12,14,16H,6-10H2,1-3H3,(H,22,23,27). The average molecular weight is 463 g/mol. The number of sulfonamides is 1. The Morgan fingerprint density at radius 2 is 1.94 bits per heavy atom. The second-order valence-corrected chi connectivity index (χ2v) is 11.0. The van der Waals surface area contributed by atoms with Gasteiger partial charge in [-0.2, -0.15) is 4.31 Å². The van der Waals surface area contributed by atoms with Crippen molar-refractivity contribution in [3.63, 3.8) is 0 Å². The maximum absolute atomic E-state index is 13.2. The van der Waals surface area contributed by atoms with Crippen LogP contribution in [0.4, 0.5) is 10.8 Å². The number of benzene rings is 1. The van der Waals surface area contributed by atoms with Crippen LogP contribution in [0, 0.1) is 12.8 Å². The number of rotatable bonds is 4. The van der Waals surface area contributed by atoms with Gasteiger partial charge in [-0.1, -0.05) is 0 Å². The second-order valence-electron chi connectivity index (χ2n) is 8.19. The van der Waals surface area contributed by atoms with Crippen LogP contribution in [0.25, 0.3) is 0 Å². The molecule has 10 heteroatoms. The fourth-order valence-electron chi connectivity index (χ4n) is 4.37. The van der Waals surface area contributed by atoms with Gasteiger partial charge in [0.2, 0.25) is 21.8 Å². The van der Waals surface area contributed by atoms with E-state index in [1.807, 2.05) is 19.2 Å². The number of aryl methyl sites for hydroxylation is 1. The summed E-state index contributed by atoms with van der Waals surface area (Å²) in [4.78, 5) is 30.6. The molecule has 3 heterocycles. The Bertz CT molecular complexity index is 1120. The third-order valence-corrected chi connectivity index (χ3v) is 8.69. The Kier molecular flexibility index (Phi) is 5.89. The number of hydrogen-bond acceptors (Lipinski definition) is 6. The molecule has 0 bridgehead atoms. The highest BCUT2D eigenvalue weighted by atomic mass is 32.2. The van der Waals surface area contributed by atoms with E-state index in [4.69, 9.17) is 0 Å². The van der Waals surface area contributed by atoms with Gasteiger partial charge in [0.05, 0.1) is 10.6 Å². The van der Waals surface area contributed by atoms with Gasteiger partial charge in [0.1, 0.15) is 0 Å². The minimum Gasteiger partial charge on any atom is -0.309 e. The van der Waals surface area contributed by atoms with Crippen molar-refractivity contribution in [3.05, 3.63) is 34.8 Å². The minimum atomic E-state index is -3.66. The van der Waals surface area contributed by atoms with Gasteiger partial charge in [-0.05, 0) is 56.9 Å². The number of nitrogens with zero attached hydrogens (tertiary/aromatic N) is 3. The van der Waals surface area contributed by atoms with E-state index in [9.17, 15) is 18.0 Å². The lowest BCUT2D eigenvalue weighted by atomic mass is 9.97. The van der Waals surface area contributed by atoms with E-state index < -0.39 is 10.0 Å². The molecule has 2 amide bonds. The van der Waals surface area contributed by atoms with E-state index in [0.29, 0.717) is 37.5 Å². The first-order valence-electron chi connectivity index (χ1n) is 10.3. The molecule has 0 aliphatic carbocycles. The van der Waals surface area contributed by atoms with Gasteiger partial charge in [-0.3, -0.25) is 9.59 Å². The number of piperidine rings is 1. The smallest absolute Gasteiger partial charge is 0.243 e. The predicted molar refractivity (Wildman–Crippen MR) is 120 cm³/mol. The Labute approximate surface area is 186 Å². The maximum atomic E-state index is 13.2. The van der Waals surface area contributed by atoms with Gasteiger partial charge < -0.3 is 10.2 Å². The molecule has 1 aromatic carbocycles. The fourth-order valence-corrected chi connectivity index (χ4v) is 6.59. The lowest BCUT2D eigenvalue weighted by Gasteiger charge is -2.30. The lowest BCUT2D eigenvalue weighted by Crippen LogP contribution is -2.41. The maximum Gasteiger partial charge on any atom is 0.243 e. The summed E-state index contributed by atoms with van der Waals surface area (Å²) in [5.41, 5.74) is 2.51. The Morgan fingerprint density at radius 1 is 1.23 bits per heavy atom. The molecule has 0 radical (unpaired) electrons. The second kappa shape index (κ2) is 8.33. The summed E-state index contributed by atoms with van der Waals surface area (Å²) in [6.45, 7) is 5.94. The predicted octanol–water partition coefficient (Wildman–Crippen LogP) is 2.79. The zero-order valence-electron chi connectivity index (χ0n) is 17.8. The Hall–Kier alpha value is -2.30. The van der Waals surface area contributed by atoms with Crippen molar-refractivity contribution in [2.24, 2.45) is 5.92 Å². The van der Waals surface area contributed by atoms with Crippen molar-refractivity contribution in [1.29, 1.82) is 0 Å². The van der Waals surface area contributed by atoms with Crippen molar-refractivity contribution < 1.29 is 18.0 Å². The number of hydrogen-bond donors (Lipinski definition) is 1. The average Bonchev–Trinajstić information content (AvgIpc) is 3.28. The van der Waals surface area contributed by atoms with Crippen LogP contribution < -0.4 is 10.2 Å². The Morgan fingerprint density at radius 3 is 2.55 bits per heavy atom. The summed E-state index contributed by atoms with van der Waals surface area (Å²) in [7, 11) is -3.66. The lowest BCUT2D eigenvalue weighted by molar-refractivity contribution is -0.121. The molecule has 2 aliphatic rings. The molecule has 1 unspecified atom stereocenters. The van der Waals surface area contributed by atoms with Crippen LogP contribution in [-0.2, 0) is 26.0 Å². The van der Waals surface area contributed by atoms with Crippen LogP contribution in [0.2, 0.25) is 0 Å². The SMILES string of the molecule is CC(=O)N1c2ccc(S(=O)(=O)N3CCC(C(=O)Nc4nc(C)cs4)CC3)cc2CC1C. The number of anilines is 2. The van der Waals surface area contributed by atoms with Gasteiger partial charge in [0, 0.05) is 43.0 Å². The van der Waals surface area contributed by atoms with Crippen LogP contribution in [0.3, 0.4) is 0 Å². The number of amides is 2. The number of thiazole rings is 1. The van der Waals surface area contributed by atoms with E-state index in [2.05, 4.69) is 10.3 Å². The number of carbonyl (C=O) groups excluding carboxylic acids is 2. The van der Waals surface area contributed by atoms with Gasteiger partial charge in [-0.25, -0.2) is 13.4 Å². The summed E-state index contributed by atoms with van der Waals surface area (Å²) >= 11 is 1.38. The highest BCUT2D eigenvalue weighted by molar-refractivity contribution is 7.89. The van der Waals surface area contributed by atoms with Gasteiger partial charge in [-0.15, -0.1) is 11.3 Å². The van der Waals surface area contributed by atoms with Crippen LogP contribution in [0.15, 0.2) is 28.5 Å².